The molecule has 0 atom stereocenters. The van der Waals surface area contributed by atoms with E-state index in [0.29, 0.717) is 0 Å². The molecule has 0 aliphatic heterocycles. The summed E-state index contributed by atoms with van der Waals surface area (Å²) in [7, 11) is 1.71. The fourth-order valence-electron chi connectivity index (χ4n) is 1.30. The summed E-state index contributed by atoms with van der Waals surface area (Å²) in [6.07, 6.45) is 6.54. The highest BCUT2D eigenvalue weighted by molar-refractivity contribution is 4.73. The normalized spacial score (nSPS) is 10.8. The molecule has 0 aliphatic carbocycles. The van der Waals surface area contributed by atoms with Crippen LogP contribution in [0.25, 0.3) is 0 Å². The number of aromatic nitrogens is 2. The summed E-state index contributed by atoms with van der Waals surface area (Å²) in [5.41, 5.74) is 0. The van der Waals surface area contributed by atoms with Crippen molar-refractivity contribution in [2.75, 3.05) is 40.0 Å². The van der Waals surface area contributed by atoms with E-state index in [4.69, 9.17) is 9.47 Å². The first-order chi connectivity index (χ1) is 7.93. The topological polar surface area (TPSA) is 48.3 Å². The molecule has 5 nitrogen and oxygen atoms in total. The van der Waals surface area contributed by atoms with Crippen molar-refractivity contribution < 1.29 is 9.47 Å². The van der Waals surface area contributed by atoms with Crippen LogP contribution in [0.3, 0.4) is 0 Å². The molecule has 1 heterocycles. The monoisotopic (exact) mass is 227 g/mol. The molecule has 0 radical (unpaired) electrons. The minimum Gasteiger partial charge on any atom is -0.385 e. The molecular formula is C11H21N3O2. The quantitative estimate of drug-likeness (QED) is 0.592. The molecule has 16 heavy (non-hydrogen) atoms. The third-order valence-corrected chi connectivity index (χ3v) is 2.17. The predicted octanol–water partition coefficient (Wildman–Crippen LogP) is 0.526. The lowest BCUT2D eigenvalue weighted by molar-refractivity contribution is 0.104. The van der Waals surface area contributed by atoms with Gasteiger partial charge in [0.1, 0.15) is 0 Å². The SMILES string of the molecule is COCCCOCCNCCn1ccnc1. The number of rotatable bonds is 10. The summed E-state index contributed by atoms with van der Waals surface area (Å²) < 4.78 is 12.4. The van der Waals surface area contributed by atoms with Gasteiger partial charge < -0.3 is 19.4 Å². The standard InChI is InChI=1S/C11H21N3O2/c1-15-8-2-9-16-10-5-12-3-6-14-7-4-13-11-14/h4,7,11-12H,2-3,5-6,8-10H2,1H3. The van der Waals surface area contributed by atoms with Gasteiger partial charge in [-0.2, -0.15) is 0 Å². The highest BCUT2D eigenvalue weighted by atomic mass is 16.5. The van der Waals surface area contributed by atoms with E-state index in [0.717, 1.165) is 45.9 Å². The second-order valence-electron chi connectivity index (χ2n) is 3.51. The Morgan fingerprint density at radius 1 is 1.25 bits per heavy atom. The van der Waals surface area contributed by atoms with Crippen LogP contribution in [0.5, 0.6) is 0 Å². The molecule has 0 amide bonds. The van der Waals surface area contributed by atoms with Gasteiger partial charge in [-0.05, 0) is 6.42 Å². The van der Waals surface area contributed by atoms with Gasteiger partial charge in [-0.25, -0.2) is 4.98 Å². The molecule has 92 valence electrons. The maximum Gasteiger partial charge on any atom is 0.0946 e. The average Bonchev–Trinajstić information content (AvgIpc) is 2.80. The van der Waals surface area contributed by atoms with Crippen molar-refractivity contribution in [3.05, 3.63) is 18.7 Å². The first-order valence-corrected chi connectivity index (χ1v) is 5.66. The van der Waals surface area contributed by atoms with Crippen molar-refractivity contribution in [2.24, 2.45) is 0 Å². The minimum absolute atomic E-state index is 0.758. The van der Waals surface area contributed by atoms with Crippen molar-refractivity contribution in [3.63, 3.8) is 0 Å². The van der Waals surface area contributed by atoms with E-state index in [1.54, 1.807) is 13.3 Å². The van der Waals surface area contributed by atoms with Crippen LogP contribution in [0.2, 0.25) is 0 Å². The van der Waals surface area contributed by atoms with Gasteiger partial charge in [0.05, 0.1) is 12.9 Å². The number of methoxy groups -OCH3 is 1. The Morgan fingerprint density at radius 3 is 2.94 bits per heavy atom. The molecule has 1 N–H and O–H groups in total. The summed E-state index contributed by atoms with van der Waals surface area (Å²) in [4.78, 5) is 3.98. The lowest BCUT2D eigenvalue weighted by Crippen LogP contribution is -2.24. The Hall–Kier alpha value is -0.910. The summed E-state index contributed by atoms with van der Waals surface area (Å²) >= 11 is 0. The van der Waals surface area contributed by atoms with Gasteiger partial charge in [-0.1, -0.05) is 0 Å². The predicted molar refractivity (Wildman–Crippen MR) is 62.4 cm³/mol. The van der Waals surface area contributed by atoms with Gasteiger partial charge in [0.15, 0.2) is 0 Å². The number of imidazole rings is 1. The van der Waals surface area contributed by atoms with E-state index in [9.17, 15) is 0 Å². The molecule has 0 aliphatic rings. The molecule has 5 heteroatoms. The molecule has 1 aromatic heterocycles. The average molecular weight is 227 g/mol. The van der Waals surface area contributed by atoms with Gasteiger partial charge in [-0.15, -0.1) is 0 Å². The van der Waals surface area contributed by atoms with Crippen LogP contribution >= 0.6 is 0 Å². The van der Waals surface area contributed by atoms with E-state index in [-0.39, 0.29) is 0 Å². The van der Waals surface area contributed by atoms with Gasteiger partial charge in [-0.3, -0.25) is 0 Å². The first-order valence-electron chi connectivity index (χ1n) is 5.66. The van der Waals surface area contributed by atoms with Gasteiger partial charge in [0, 0.05) is 52.4 Å². The largest absolute Gasteiger partial charge is 0.385 e. The second-order valence-corrected chi connectivity index (χ2v) is 3.51. The molecule has 0 unspecified atom stereocenters. The number of hydrogen-bond acceptors (Lipinski definition) is 4. The molecule has 0 spiro atoms. The summed E-state index contributed by atoms with van der Waals surface area (Å²) in [6, 6.07) is 0. The summed E-state index contributed by atoms with van der Waals surface area (Å²) in [5.74, 6) is 0. The molecule has 1 aromatic rings. The van der Waals surface area contributed by atoms with Crippen LogP contribution in [-0.4, -0.2) is 49.6 Å². The molecular weight excluding hydrogens is 206 g/mol. The smallest absolute Gasteiger partial charge is 0.0946 e. The third-order valence-electron chi connectivity index (χ3n) is 2.17. The lowest BCUT2D eigenvalue weighted by atomic mass is 10.5. The number of nitrogens with zero attached hydrogens (tertiary/aromatic N) is 2. The lowest BCUT2D eigenvalue weighted by Gasteiger charge is -2.06. The van der Waals surface area contributed by atoms with E-state index < -0.39 is 0 Å². The van der Waals surface area contributed by atoms with Crippen molar-refractivity contribution in [1.82, 2.24) is 14.9 Å². The maximum atomic E-state index is 5.41. The Balaban J connectivity index is 1.78. The van der Waals surface area contributed by atoms with E-state index in [1.165, 1.54) is 0 Å². The van der Waals surface area contributed by atoms with E-state index in [1.807, 2.05) is 17.1 Å². The number of hydrogen-bond donors (Lipinski definition) is 1. The van der Waals surface area contributed by atoms with Crippen LogP contribution in [0.1, 0.15) is 6.42 Å². The summed E-state index contributed by atoms with van der Waals surface area (Å²) in [5, 5.41) is 3.31. The van der Waals surface area contributed by atoms with Gasteiger partial charge in [0.2, 0.25) is 0 Å². The van der Waals surface area contributed by atoms with Crippen molar-refractivity contribution in [2.45, 2.75) is 13.0 Å². The molecule has 1 rings (SSSR count). The highest BCUT2D eigenvalue weighted by Crippen LogP contribution is 1.84. The Morgan fingerprint density at radius 2 is 2.19 bits per heavy atom. The first kappa shape index (κ1) is 13.2. The fourth-order valence-corrected chi connectivity index (χ4v) is 1.30. The molecule has 0 saturated heterocycles. The maximum absolute atomic E-state index is 5.41. The molecule has 0 saturated carbocycles. The van der Waals surface area contributed by atoms with Crippen LogP contribution in [-0.2, 0) is 16.0 Å². The highest BCUT2D eigenvalue weighted by Gasteiger charge is 1.91. The number of ether oxygens (including phenoxy) is 2. The molecule has 0 aromatic carbocycles. The van der Waals surface area contributed by atoms with E-state index in [2.05, 4.69) is 10.3 Å². The van der Waals surface area contributed by atoms with Crippen molar-refractivity contribution in [1.29, 1.82) is 0 Å². The Kier molecular flexibility index (Phi) is 7.67. The van der Waals surface area contributed by atoms with Crippen LogP contribution in [0.15, 0.2) is 18.7 Å². The molecule has 0 bridgehead atoms. The summed E-state index contributed by atoms with van der Waals surface area (Å²) in [6.45, 7) is 5.09. The van der Waals surface area contributed by atoms with Crippen molar-refractivity contribution in [3.8, 4) is 0 Å². The Bertz CT molecular complexity index is 239. The van der Waals surface area contributed by atoms with Crippen LogP contribution < -0.4 is 5.32 Å². The van der Waals surface area contributed by atoms with Crippen LogP contribution in [0, 0.1) is 0 Å². The zero-order chi connectivity index (χ0) is 11.5. The van der Waals surface area contributed by atoms with Gasteiger partial charge in [0.25, 0.3) is 0 Å². The van der Waals surface area contributed by atoms with E-state index >= 15 is 0 Å². The second kappa shape index (κ2) is 9.33. The van der Waals surface area contributed by atoms with Crippen molar-refractivity contribution >= 4 is 0 Å². The zero-order valence-electron chi connectivity index (χ0n) is 9.89. The van der Waals surface area contributed by atoms with Gasteiger partial charge >= 0.3 is 0 Å². The van der Waals surface area contributed by atoms with Crippen LogP contribution in [0.4, 0.5) is 0 Å². The number of nitrogens with one attached hydrogen (secondary N) is 1. The minimum atomic E-state index is 0.758. The fraction of sp³-hybridized carbons (Fsp3) is 0.727. The zero-order valence-corrected chi connectivity index (χ0v) is 9.89. The molecule has 0 fully saturated rings. The third kappa shape index (κ3) is 6.55. The Labute approximate surface area is 96.8 Å².